The van der Waals surface area contributed by atoms with Crippen molar-refractivity contribution < 1.29 is 32.3 Å². The van der Waals surface area contributed by atoms with Crippen molar-refractivity contribution >= 4 is 14.8 Å². The van der Waals surface area contributed by atoms with E-state index in [1.165, 1.54) is 21.3 Å². The van der Waals surface area contributed by atoms with E-state index in [1.807, 2.05) is 27.7 Å². The van der Waals surface area contributed by atoms with Gasteiger partial charge in [-0.1, -0.05) is 20.4 Å². The number of rotatable bonds is 14. The Kier molecular flexibility index (Phi) is 11.5. The Morgan fingerprint density at radius 1 is 1.04 bits per heavy atom. The van der Waals surface area contributed by atoms with Crippen molar-refractivity contribution in [1.29, 1.82) is 0 Å². The highest BCUT2D eigenvalue weighted by Crippen LogP contribution is 2.38. The molecule has 7 nitrogen and oxygen atoms in total. The lowest BCUT2D eigenvalue weighted by molar-refractivity contribution is -0.245. The van der Waals surface area contributed by atoms with E-state index >= 15 is 0 Å². The second-order valence-electron chi connectivity index (χ2n) is 6.05. The van der Waals surface area contributed by atoms with Crippen LogP contribution in [0.15, 0.2) is 12.2 Å². The van der Waals surface area contributed by atoms with Crippen LogP contribution in [0.5, 0.6) is 0 Å². The van der Waals surface area contributed by atoms with Crippen molar-refractivity contribution in [3.63, 3.8) is 0 Å². The Bertz CT molecular complexity index is 423. The summed E-state index contributed by atoms with van der Waals surface area (Å²) < 4.78 is 34.7. The fourth-order valence-corrected chi connectivity index (χ4v) is 5.73. The third-order valence-corrected chi connectivity index (χ3v) is 7.54. The summed E-state index contributed by atoms with van der Waals surface area (Å²) in [5.74, 6) is -0.631. The second kappa shape index (κ2) is 11.8. The molecule has 2 atom stereocenters. The highest BCUT2D eigenvalue weighted by molar-refractivity contribution is 6.63. The number of esters is 1. The number of carbonyl (C=O) groups is 1. The molecule has 0 aromatic rings. The maximum atomic E-state index is 11.9. The Morgan fingerprint density at radius 2 is 1.50 bits per heavy atom. The van der Waals surface area contributed by atoms with Crippen molar-refractivity contribution in [1.82, 2.24) is 0 Å². The molecule has 0 bridgehead atoms. The summed E-state index contributed by atoms with van der Waals surface area (Å²) in [4.78, 5) is 11.9. The quantitative estimate of drug-likeness (QED) is 0.195. The molecule has 0 aliphatic carbocycles. The van der Waals surface area contributed by atoms with Crippen LogP contribution in [0.4, 0.5) is 0 Å². The molecule has 26 heavy (non-hydrogen) atoms. The molecule has 0 N–H and O–H groups in total. The minimum atomic E-state index is -3.35. The van der Waals surface area contributed by atoms with E-state index in [4.69, 9.17) is 27.5 Å². The first kappa shape index (κ1) is 25.2. The van der Waals surface area contributed by atoms with Gasteiger partial charge in [0.25, 0.3) is 0 Å². The van der Waals surface area contributed by atoms with Gasteiger partial charge in [0.2, 0.25) is 5.41 Å². The first-order valence-corrected chi connectivity index (χ1v) is 10.8. The van der Waals surface area contributed by atoms with Crippen molar-refractivity contribution in [2.75, 3.05) is 34.5 Å². The highest BCUT2D eigenvalue weighted by Gasteiger charge is 2.66. The van der Waals surface area contributed by atoms with Gasteiger partial charge in [0.15, 0.2) is 0 Å². The second-order valence-corrected chi connectivity index (χ2v) is 9.09. The fraction of sp³-hybridized carbons (Fsp3) is 0.833. The predicted octanol–water partition coefficient (Wildman–Crippen LogP) is 3.10. The average molecular weight is 393 g/mol. The standard InChI is InChI=1S/C18H36O7Si/c1-10-16(25-17(19)14(4)5)13-15(6)18(23-11-2,24-12-3)26(20-7,21-8)22-9/h15-16H,4,10-13H2,1-3,5-9H3. The molecule has 0 rings (SSSR count). The van der Waals surface area contributed by atoms with Gasteiger partial charge in [-0.3, -0.25) is 0 Å². The summed E-state index contributed by atoms with van der Waals surface area (Å²) in [5, 5.41) is 0. The van der Waals surface area contributed by atoms with Crippen molar-refractivity contribution in [2.45, 2.75) is 59.0 Å². The van der Waals surface area contributed by atoms with Gasteiger partial charge in [-0.05, 0) is 33.6 Å². The van der Waals surface area contributed by atoms with E-state index in [1.54, 1.807) is 6.92 Å². The first-order chi connectivity index (χ1) is 12.2. The summed E-state index contributed by atoms with van der Waals surface area (Å²) in [6.45, 7) is 13.7. The fourth-order valence-electron chi connectivity index (χ4n) is 3.01. The lowest BCUT2D eigenvalue weighted by Crippen LogP contribution is -2.69. The van der Waals surface area contributed by atoms with Crippen LogP contribution in [0, 0.1) is 5.92 Å². The van der Waals surface area contributed by atoms with Crippen LogP contribution in [0.2, 0.25) is 0 Å². The van der Waals surface area contributed by atoms with E-state index in [-0.39, 0.29) is 12.0 Å². The molecule has 8 heteroatoms. The zero-order valence-electron chi connectivity index (χ0n) is 17.5. The van der Waals surface area contributed by atoms with Crippen LogP contribution < -0.4 is 0 Å². The van der Waals surface area contributed by atoms with E-state index in [2.05, 4.69) is 6.58 Å². The molecule has 0 radical (unpaired) electrons. The normalized spacial score (nSPS) is 14.8. The number of hydrogen-bond acceptors (Lipinski definition) is 7. The molecule has 0 fully saturated rings. The molecule has 0 heterocycles. The monoisotopic (exact) mass is 392 g/mol. The molecule has 0 amide bonds. The van der Waals surface area contributed by atoms with Gasteiger partial charge in [0, 0.05) is 46.0 Å². The van der Waals surface area contributed by atoms with Crippen LogP contribution in [-0.2, 0) is 32.3 Å². The lowest BCUT2D eigenvalue weighted by Gasteiger charge is -2.46. The van der Waals surface area contributed by atoms with Crippen LogP contribution in [0.25, 0.3) is 0 Å². The van der Waals surface area contributed by atoms with Gasteiger partial charge >= 0.3 is 14.8 Å². The smallest absolute Gasteiger partial charge is 0.459 e. The van der Waals surface area contributed by atoms with Crippen LogP contribution in [-0.4, -0.2) is 60.8 Å². The van der Waals surface area contributed by atoms with E-state index < -0.39 is 20.2 Å². The Balaban J connectivity index is 5.79. The third kappa shape index (κ3) is 5.61. The highest BCUT2D eigenvalue weighted by atomic mass is 28.4. The molecular formula is C18H36O7Si. The van der Waals surface area contributed by atoms with Crippen molar-refractivity contribution in [3.05, 3.63) is 12.2 Å². The van der Waals surface area contributed by atoms with Crippen LogP contribution >= 0.6 is 0 Å². The number of carbonyl (C=O) groups excluding carboxylic acids is 1. The van der Waals surface area contributed by atoms with Gasteiger partial charge in [-0.2, -0.15) is 0 Å². The van der Waals surface area contributed by atoms with Crippen molar-refractivity contribution in [3.8, 4) is 0 Å². The summed E-state index contributed by atoms with van der Waals surface area (Å²) in [6, 6.07) is 0. The maximum Gasteiger partial charge on any atom is 0.563 e. The SMILES string of the molecule is C=C(C)C(=O)OC(CC)CC(C)C(OCC)(OCC)[Si](OC)(OC)OC. The van der Waals surface area contributed by atoms with Gasteiger partial charge in [0.05, 0.1) is 0 Å². The molecule has 154 valence electrons. The molecule has 0 aromatic heterocycles. The van der Waals surface area contributed by atoms with Gasteiger partial charge < -0.3 is 27.5 Å². The third-order valence-electron chi connectivity index (χ3n) is 4.29. The molecule has 0 saturated carbocycles. The van der Waals surface area contributed by atoms with Crippen LogP contribution in [0.3, 0.4) is 0 Å². The zero-order valence-corrected chi connectivity index (χ0v) is 18.5. The van der Waals surface area contributed by atoms with E-state index in [0.717, 1.165) is 0 Å². The Morgan fingerprint density at radius 3 is 1.81 bits per heavy atom. The summed E-state index contributed by atoms with van der Waals surface area (Å²) in [6.07, 6.45) is 0.839. The molecule has 0 spiro atoms. The summed E-state index contributed by atoms with van der Waals surface area (Å²) in [7, 11) is 1.23. The summed E-state index contributed by atoms with van der Waals surface area (Å²) >= 11 is 0. The molecule has 0 aromatic carbocycles. The minimum absolute atomic E-state index is 0.225. The van der Waals surface area contributed by atoms with Crippen LogP contribution in [0.1, 0.15) is 47.5 Å². The largest absolute Gasteiger partial charge is 0.563 e. The van der Waals surface area contributed by atoms with E-state index in [0.29, 0.717) is 31.6 Å². The predicted molar refractivity (Wildman–Crippen MR) is 102 cm³/mol. The maximum absolute atomic E-state index is 11.9. The molecule has 0 saturated heterocycles. The molecular weight excluding hydrogens is 356 g/mol. The summed E-state index contributed by atoms with van der Waals surface area (Å²) in [5.41, 5.74) is -0.843. The number of hydrogen-bond donors (Lipinski definition) is 0. The van der Waals surface area contributed by atoms with Gasteiger partial charge in [0.1, 0.15) is 6.10 Å². The van der Waals surface area contributed by atoms with Crippen molar-refractivity contribution in [2.24, 2.45) is 5.92 Å². The zero-order chi connectivity index (χ0) is 20.4. The molecule has 2 unspecified atom stereocenters. The lowest BCUT2D eigenvalue weighted by atomic mass is 10.0. The van der Waals surface area contributed by atoms with Gasteiger partial charge in [-0.25, -0.2) is 4.79 Å². The number of ether oxygens (including phenoxy) is 3. The van der Waals surface area contributed by atoms with E-state index in [9.17, 15) is 4.79 Å². The molecule has 0 aliphatic heterocycles. The topological polar surface area (TPSA) is 72.5 Å². The Labute approximate surface area is 159 Å². The Hall–Kier alpha value is -0.773. The minimum Gasteiger partial charge on any atom is -0.459 e. The average Bonchev–Trinajstić information content (AvgIpc) is 2.62. The molecule has 0 aliphatic rings. The first-order valence-electron chi connectivity index (χ1n) is 9.03. The van der Waals surface area contributed by atoms with Gasteiger partial charge in [-0.15, -0.1) is 0 Å².